The van der Waals surface area contributed by atoms with Gasteiger partial charge >= 0.3 is 11.9 Å². The summed E-state index contributed by atoms with van der Waals surface area (Å²) in [5.41, 5.74) is 5.09. The van der Waals surface area contributed by atoms with Crippen molar-refractivity contribution in [3.8, 4) is 33.8 Å². The fraction of sp³-hybridized carbons (Fsp3) is 0.188. The van der Waals surface area contributed by atoms with Crippen molar-refractivity contribution < 1.29 is 23.8 Å². The van der Waals surface area contributed by atoms with Crippen LogP contribution in [0.2, 0.25) is 0 Å². The number of hydrogen-bond donors (Lipinski definition) is 0. The molecule has 0 radical (unpaired) electrons. The number of ether oxygens (including phenoxy) is 3. The molecule has 190 valence electrons. The van der Waals surface area contributed by atoms with Crippen LogP contribution in [0.3, 0.4) is 0 Å². The maximum absolute atomic E-state index is 11.7. The highest BCUT2D eigenvalue weighted by Crippen LogP contribution is 2.27. The van der Waals surface area contributed by atoms with E-state index in [1.54, 1.807) is 26.0 Å². The Kier molecular flexibility index (Phi) is 10.0. The molecule has 0 heterocycles. The van der Waals surface area contributed by atoms with Crippen LogP contribution >= 0.6 is 0 Å². The van der Waals surface area contributed by atoms with Crippen LogP contribution in [0.4, 0.5) is 0 Å². The molecule has 0 fully saturated rings. The van der Waals surface area contributed by atoms with Crippen molar-refractivity contribution in [2.45, 2.75) is 26.7 Å². The minimum atomic E-state index is -0.430. The molecular formula is C32H32O5. The zero-order valence-electron chi connectivity index (χ0n) is 21.4. The molecule has 0 N–H and O–H groups in total. The zero-order chi connectivity index (χ0) is 26.6. The molecule has 0 bridgehead atoms. The topological polar surface area (TPSA) is 61.8 Å². The largest absolute Gasteiger partial charge is 0.493 e. The molecular weight excluding hydrogens is 464 g/mol. The number of carbonyl (C=O) groups excluding carboxylic acids is 2. The van der Waals surface area contributed by atoms with Gasteiger partial charge in [-0.2, -0.15) is 0 Å². The predicted octanol–water partition coefficient (Wildman–Crippen LogP) is 7.34. The van der Waals surface area contributed by atoms with Gasteiger partial charge in [0.2, 0.25) is 0 Å². The molecule has 0 aromatic heterocycles. The van der Waals surface area contributed by atoms with Crippen LogP contribution in [0.25, 0.3) is 22.3 Å². The molecule has 5 nitrogen and oxygen atoms in total. The lowest BCUT2D eigenvalue weighted by atomic mass is 10.0. The Labute approximate surface area is 218 Å². The second-order valence-electron chi connectivity index (χ2n) is 8.61. The second kappa shape index (κ2) is 13.6. The molecule has 0 unspecified atom stereocenters. The van der Waals surface area contributed by atoms with Crippen LogP contribution in [0, 0.1) is 0 Å². The maximum Gasteiger partial charge on any atom is 0.338 e. The summed E-state index contributed by atoms with van der Waals surface area (Å²) in [4.78, 5) is 23.0. The van der Waals surface area contributed by atoms with E-state index in [0.717, 1.165) is 34.4 Å². The van der Waals surface area contributed by atoms with E-state index in [0.29, 0.717) is 36.5 Å². The molecule has 0 aliphatic rings. The van der Waals surface area contributed by atoms with Gasteiger partial charge in [-0.1, -0.05) is 73.8 Å². The third-order valence-electron chi connectivity index (χ3n) is 5.41. The highest BCUT2D eigenvalue weighted by molar-refractivity contribution is 5.89. The first-order valence-corrected chi connectivity index (χ1v) is 12.1. The summed E-state index contributed by atoms with van der Waals surface area (Å²) in [5.74, 6) is 0.525. The standard InChI is InChI=1S/C32H32O5/c1-23(2)31(33)36-22-8-6-5-7-21-35-29-17-13-27(14-18-29)25-9-11-26(12-10-25)28-15-19-30(20-16-28)37-32(34)24(3)4/h5-6,9-20H,1,3,7-8,21-22H2,2,4H3. The summed E-state index contributed by atoms with van der Waals surface area (Å²) in [7, 11) is 0. The average molecular weight is 497 g/mol. The highest BCUT2D eigenvalue weighted by Gasteiger charge is 2.06. The Morgan fingerprint density at radius 2 is 1.03 bits per heavy atom. The number of benzene rings is 3. The maximum atomic E-state index is 11.7. The van der Waals surface area contributed by atoms with Crippen LogP contribution in [0.5, 0.6) is 11.5 Å². The summed E-state index contributed by atoms with van der Waals surface area (Å²) < 4.78 is 16.1. The number of esters is 2. The van der Waals surface area contributed by atoms with Crippen molar-refractivity contribution in [2.24, 2.45) is 0 Å². The molecule has 0 amide bonds. The van der Waals surface area contributed by atoms with Crippen molar-refractivity contribution in [3.05, 3.63) is 109 Å². The van der Waals surface area contributed by atoms with E-state index < -0.39 is 5.97 Å². The van der Waals surface area contributed by atoms with Gasteiger partial charge in [0.05, 0.1) is 13.2 Å². The third kappa shape index (κ3) is 8.65. The second-order valence-corrected chi connectivity index (χ2v) is 8.61. The summed E-state index contributed by atoms with van der Waals surface area (Å²) >= 11 is 0. The van der Waals surface area contributed by atoms with Crippen molar-refractivity contribution in [2.75, 3.05) is 13.2 Å². The molecule has 0 aliphatic carbocycles. The van der Waals surface area contributed by atoms with Crippen molar-refractivity contribution in [1.29, 1.82) is 0 Å². The van der Waals surface area contributed by atoms with Crippen LogP contribution in [-0.4, -0.2) is 25.2 Å². The van der Waals surface area contributed by atoms with Crippen LogP contribution in [0.15, 0.2) is 109 Å². The SMILES string of the molecule is C=C(C)C(=O)OCCC=CCCOc1ccc(-c2ccc(-c3ccc(OC(=O)C(=C)C)cc3)cc2)cc1. The third-order valence-corrected chi connectivity index (χ3v) is 5.41. The lowest BCUT2D eigenvalue weighted by molar-refractivity contribution is -0.138. The van der Waals surface area contributed by atoms with Gasteiger partial charge in [0.15, 0.2) is 0 Å². The summed E-state index contributed by atoms with van der Waals surface area (Å²) in [6.07, 6.45) is 5.44. The molecule has 0 aliphatic heterocycles. The summed E-state index contributed by atoms with van der Waals surface area (Å²) in [5, 5.41) is 0. The quantitative estimate of drug-likeness (QED) is 0.0863. The van der Waals surface area contributed by atoms with Gasteiger partial charge in [-0.3, -0.25) is 0 Å². The molecule has 3 aromatic rings. The van der Waals surface area contributed by atoms with Crippen LogP contribution in [-0.2, 0) is 14.3 Å². The first-order valence-electron chi connectivity index (χ1n) is 12.1. The van der Waals surface area contributed by atoms with Gasteiger partial charge in [0, 0.05) is 11.1 Å². The predicted molar refractivity (Wildman–Crippen MR) is 147 cm³/mol. The van der Waals surface area contributed by atoms with E-state index in [1.165, 1.54) is 0 Å². The molecule has 0 atom stereocenters. The van der Waals surface area contributed by atoms with Crippen LogP contribution in [0.1, 0.15) is 26.7 Å². The van der Waals surface area contributed by atoms with E-state index in [4.69, 9.17) is 14.2 Å². The Morgan fingerprint density at radius 1 is 0.622 bits per heavy atom. The molecule has 0 saturated carbocycles. The normalized spacial score (nSPS) is 10.6. The van der Waals surface area contributed by atoms with Crippen LogP contribution < -0.4 is 9.47 Å². The fourth-order valence-corrected chi connectivity index (χ4v) is 3.33. The lowest BCUT2D eigenvalue weighted by Gasteiger charge is -2.08. The van der Waals surface area contributed by atoms with E-state index in [1.807, 2.05) is 48.6 Å². The van der Waals surface area contributed by atoms with Gasteiger partial charge < -0.3 is 14.2 Å². The van der Waals surface area contributed by atoms with Crippen molar-refractivity contribution in [3.63, 3.8) is 0 Å². The number of hydrogen-bond acceptors (Lipinski definition) is 5. The van der Waals surface area contributed by atoms with Gasteiger partial charge in [-0.25, -0.2) is 9.59 Å². The molecule has 0 saturated heterocycles. The Balaban J connectivity index is 1.45. The van der Waals surface area contributed by atoms with E-state index in [9.17, 15) is 9.59 Å². The number of carbonyl (C=O) groups is 2. The van der Waals surface area contributed by atoms with Gasteiger partial charge in [-0.15, -0.1) is 0 Å². The summed E-state index contributed by atoms with van der Waals surface area (Å²) in [6, 6.07) is 23.7. The first kappa shape index (κ1) is 27.2. The van der Waals surface area contributed by atoms with Gasteiger partial charge in [0.1, 0.15) is 11.5 Å². The zero-order valence-corrected chi connectivity index (χ0v) is 21.4. The minimum absolute atomic E-state index is 0.352. The molecule has 3 rings (SSSR count). The smallest absolute Gasteiger partial charge is 0.338 e. The van der Waals surface area contributed by atoms with E-state index in [-0.39, 0.29) is 5.97 Å². The van der Waals surface area contributed by atoms with Crippen molar-refractivity contribution in [1.82, 2.24) is 0 Å². The molecule has 37 heavy (non-hydrogen) atoms. The first-order chi connectivity index (χ1) is 17.8. The number of rotatable bonds is 12. The fourth-order valence-electron chi connectivity index (χ4n) is 3.33. The molecule has 3 aromatic carbocycles. The van der Waals surface area contributed by atoms with Gasteiger partial charge in [0.25, 0.3) is 0 Å². The Hall–Kier alpha value is -4.38. The monoisotopic (exact) mass is 496 g/mol. The average Bonchev–Trinajstić information content (AvgIpc) is 2.91. The lowest BCUT2D eigenvalue weighted by Crippen LogP contribution is -2.07. The van der Waals surface area contributed by atoms with E-state index >= 15 is 0 Å². The molecule has 0 spiro atoms. The summed E-state index contributed by atoms with van der Waals surface area (Å²) in [6.45, 7) is 11.3. The Morgan fingerprint density at radius 3 is 1.49 bits per heavy atom. The van der Waals surface area contributed by atoms with Crippen molar-refractivity contribution >= 4 is 11.9 Å². The highest BCUT2D eigenvalue weighted by atomic mass is 16.5. The minimum Gasteiger partial charge on any atom is -0.493 e. The van der Waals surface area contributed by atoms with E-state index in [2.05, 4.69) is 37.4 Å². The van der Waals surface area contributed by atoms with Gasteiger partial charge in [-0.05, 0) is 73.2 Å². The molecule has 5 heteroatoms. The Bertz CT molecular complexity index is 1250.